The topological polar surface area (TPSA) is 237 Å². The Balaban J connectivity index is 5.29. The van der Waals surface area contributed by atoms with Gasteiger partial charge in [-0.15, -0.1) is 0 Å². The van der Waals surface area contributed by atoms with Gasteiger partial charge in [0.15, 0.2) is 12.2 Å². The zero-order chi connectivity index (χ0) is 71.2. The third kappa shape index (κ3) is 71.7. The van der Waals surface area contributed by atoms with Crippen molar-refractivity contribution in [3.63, 3.8) is 0 Å². The lowest BCUT2D eigenvalue weighted by Gasteiger charge is -2.21. The molecule has 3 N–H and O–H groups in total. The van der Waals surface area contributed by atoms with Gasteiger partial charge in [0, 0.05) is 25.7 Å². The van der Waals surface area contributed by atoms with Crippen LogP contribution >= 0.6 is 15.6 Å². The normalized spacial score (nSPS) is 14.1. The third-order valence-corrected chi connectivity index (χ3v) is 19.6. The summed E-state index contributed by atoms with van der Waals surface area (Å²) in [6.45, 7) is 7.26. The van der Waals surface area contributed by atoms with E-state index in [4.69, 9.17) is 37.0 Å². The lowest BCUT2D eigenvalue weighted by atomic mass is 10.0. The summed E-state index contributed by atoms with van der Waals surface area (Å²) in [4.78, 5) is 72.9. The summed E-state index contributed by atoms with van der Waals surface area (Å²) in [5, 5.41) is 10.6. The van der Waals surface area contributed by atoms with E-state index in [-0.39, 0.29) is 25.7 Å². The molecule has 5 atom stereocenters. The molecule has 19 heteroatoms. The molecule has 0 aliphatic carbocycles. The van der Waals surface area contributed by atoms with Gasteiger partial charge >= 0.3 is 39.5 Å². The van der Waals surface area contributed by atoms with Crippen molar-refractivity contribution in [2.75, 3.05) is 39.6 Å². The highest BCUT2D eigenvalue weighted by Crippen LogP contribution is 2.45. The Morgan fingerprint density at radius 2 is 0.557 bits per heavy atom. The van der Waals surface area contributed by atoms with Crippen LogP contribution in [0.5, 0.6) is 0 Å². The van der Waals surface area contributed by atoms with Crippen LogP contribution < -0.4 is 0 Å². The Labute approximate surface area is 592 Å². The first-order valence-electron chi connectivity index (χ1n) is 40.0. The highest BCUT2D eigenvalue weighted by molar-refractivity contribution is 7.47. The van der Waals surface area contributed by atoms with Crippen molar-refractivity contribution in [1.29, 1.82) is 0 Å². The molecule has 0 spiro atoms. The average Bonchev–Trinajstić information content (AvgIpc) is 1.24. The number of hydrogen-bond donors (Lipinski definition) is 3. The summed E-state index contributed by atoms with van der Waals surface area (Å²) in [7, 11) is -9.93. The number of allylic oxidation sites excluding steroid dienone is 4. The Morgan fingerprint density at radius 1 is 0.320 bits per heavy atom. The Hall–Kier alpha value is -2.46. The van der Waals surface area contributed by atoms with Crippen LogP contribution in [-0.2, 0) is 65.4 Å². The van der Waals surface area contributed by atoms with Crippen molar-refractivity contribution in [2.45, 2.75) is 406 Å². The van der Waals surface area contributed by atoms with Gasteiger partial charge in [0.25, 0.3) is 0 Å². The number of phosphoric ester groups is 2. The van der Waals surface area contributed by atoms with E-state index in [1.807, 2.05) is 0 Å². The van der Waals surface area contributed by atoms with Gasteiger partial charge in [0.1, 0.15) is 19.3 Å². The fourth-order valence-corrected chi connectivity index (χ4v) is 13.1. The number of ether oxygens (including phenoxy) is 4. The number of aliphatic hydroxyl groups is 1. The lowest BCUT2D eigenvalue weighted by Crippen LogP contribution is -2.30. The van der Waals surface area contributed by atoms with Crippen LogP contribution in [0.1, 0.15) is 388 Å². The van der Waals surface area contributed by atoms with Crippen molar-refractivity contribution in [3.8, 4) is 0 Å². The van der Waals surface area contributed by atoms with E-state index >= 15 is 0 Å². The predicted octanol–water partition coefficient (Wildman–Crippen LogP) is 22.8. The van der Waals surface area contributed by atoms with Crippen molar-refractivity contribution in [1.82, 2.24) is 0 Å². The van der Waals surface area contributed by atoms with E-state index < -0.39 is 97.5 Å². The second-order valence-electron chi connectivity index (χ2n) is 27.9. The molecular weight excluding hydrogens is 1270 g/mol. The molecule has 0 saturated carbocycles. The molecule has 0 aromatic rings. The molecule has 0 aromatic heterocycles. The van der Waals surface area contributed by atoms with Crippen molar-refractivity contribution in [3.05, 3.63) is 24.3 Å². The number of aliphatic hydroxyl groups excluding tert-OH is 1. The molecular formula is C78H148O17P2. The summed E-state index contributed by atoms with van der Waals surface area (Å²) in [6.07, 6.45) is 63.0. The SMILES string of the molecule is CCCCCC/C=C\C=C/CCCCCCCC(=O)OC[C@H](COP(=O)(O)OC[C@@H](O)COP(=O)(O)OC[C@@H](COC(=O)CCCCCCCCCCCCC)OC(=O)CCCCCCCCCCCCCCCCC)OC(=O)CCCCCCCCCCCCCCCC(C)C. The van der Waals surface area contributed by atoms with Gasteiger partial charge in [0.2, 0.25) is 0 Å². The van der Waals surface area contributed by atoms with Gasteiger partial charge in [0.05, 0.1) is 26.4 Å². The summed E-state index contributed by atoms with van der Waals surface area (Å²) in [5.74, 6) is -1.36. The minimum absolute atomic E-state index is 0.101. The monoisotopic (exact) mass is 1420 g/mol. The molecule has 97 heavy (non-hydrogen) atoms. The molecule has 0 bridgehead atoms. The van der Waals surface area contributed by atoms with Crippen molar-refractivity contribution in [2.24, 2.45) is 5.92 Å². The Bertz CT molecular complexity index is 1950. The first-order chi connectivity index (χ1) is 47.0. The van der Waals surface area contributed by atoms with Gasteiger partial charge in [-0.05, 0) is 57.3 Å². The van der Waals surface area contributed by atoms with Gasteiger partial charge in [-0.3, -0.25) is 37.3 Å². The summed E-state index contributed by atoms with van der Waals surface area (Å²) in [6, 6.07) is 0. The van der Waals surface area contributed by atoms with E-state index in [0.29, 0.717) is 25.7 Å². The van der Waals surface area contributed by atoms with Crippen LogP contribution in [0.2, 0.25) is 0 Å². The van der Waals surface area contributed by atoms with Crippen LogP contribution in [0.3, 0.4) is 0 Å². The van der Waals surface area contributed by atoms with E-state index in [1.54, 1.807) is 0 Å². The van der Waals surface area contributed by atoms with E-state index in [0.717, 1.165) is 115 Å². The zero-order valence-corrected chi connectivity index (χ0v) is 64.5. The number of esters is 4. The molecule has 0 radical (unpaired) electrons. The quantitative estimate of drug-likeness (QED) is 0.0169. The first-order valence-corrected chi connectivity index (χ1v) is 42.9. The second kappa shape index (κ2) is 70.6. The molecule has 0 fully saturated rings. The minimum Gasteiger partial charge on any atom is -0.462 e. The Kier molecular flexibility index (Phi) is 68.8. The van der Waals surface area contributed by atoms with E-state index in [2.05, 4.69) is 58.9 Å². The molecule has 572 valence electrons. The maximum Gasteiger partial charge on any atom is 0.472 e. The Morgan fingerprint density at radius 3 is 0.845 bits per heavy atom. The van der Waals surface area contributed by atoms with Gasteiger partial charge in [-0.25, -0.2) is 9.13 Å². The van der Waals surface area contributed by atoms with Gasteiger partial charge < -0.3 is 33.8 Å². The number of phosphoric acid groups is 2. The average molecular weight is 1420 g/mol. The lowest BCUT2D eigenvalue weighted by molar-refractivity contribution is -0.161. The predicted molar refractivity (Wildman–Crippen MR) is 395 cm³/mol. The van der Waals surface area contributed by atoms with Crippen LogP contribution in [0.25, 0.3) is 0 Å². The molecule has 2 unspecified atom stereocenters. The van der Waals surface area contributed by atoms with Crippen LogP contribution in [-0.4, -0.2) is 96.7 Å². The molecule has 0 aromatic carbocycles. The largest absolute Gasteiger partial charge is 0.472 e. The number of hydrogen-bond acceptors (Lipinski definition) is 15. The number of carbonyl (C=O) groups is 4. The first kappa shape index (κ1) is 94.5. The summed E-state index contributed by atoms with van der Waals surface area (Å²) < 4.78 is 68.6. The number of unbranched alkanes of at least 4 members (excludes halogenated alkanes) is 45. The third-order valence-electron chi connectivity index (χ3n) is 17.7. The highest BCUT2D eigenvalue weighted by Gasteiger charge is 2.30. The van der Waals surface area contributed by atoms with E-state index in [9.17, 15) is 43.2 Å². The van der Waals surface area contributed by atoms with Crippen molar-refractivity contribution < 1.29 is 80.2 Å². The molecule has 0 heterocycles. The summed E-state index contributed by atoms with van der Waals surface area (Å²) >= 11 is 0. The zero-order valence-electron chi connectivity index (χ0n) is 62.7. The number of rotatable bonds is 76. The minimum atomic E-state index is -4.97. The maximum atomic E-state index is 13.1. The fraction of sp³-hybridized carbons (Fsp3) is 0.897. The summed E-state index contributed by atoms with van der Waals surface area (Å²) in [5.41, 5.74) is 0. The fourth-order valence-electron chi connectivity index (χ4n) is 11.5. The van der Waals surface area contributed by atoms with Crippen LogP contribution in [0.4, 0.5) is 0 Å². The molecule has 17 nitrogen and oxygen atoms in total. The van der Waals surface area contributed by atoms with E-state index in [1.165, 1.54) is 193 Å². The second-order valence-corrected chi connectivity index (χ2v) is 30.8. The number of carbonyl (C=O) groups excluding carboxylic acids is 4. The molecule has 0 aliphatic rings. The van der Waals surface area contributed by atoms with Crippen LogP contribution in [0.15, 0.2) is 24.3 Å². The molecule has 0 amide bonds. The molecule has 0 rings (SSSR count). The standard InChI is InChI=1S/C78H148O17P2/c1-6-9-12-15-18-21-24-26-28-32-37-42-47-52-57-62-76(81)89-68-74(95-78(83)64-59-54-49-44-39-34-30-31-36-40-45-50-55-60-71(4)5)70-93-97(86,87)91-66-72(79)65-90-96(84,85)92-69-73(67-88-75(80)61-56-51-46-41-35-23-20-17-14-11-8-3)94-77(82)63-58-53-48-43-38-33-29-27-25-22-19-16-13-10-7-2/h21,24,26,28,71-74,79H,6-20,22-23,25,27,29-70H2,1-5H3,(H,84,85)(H,86,87)/b24-21-,28-26-/t72-,73+,74+/m0/s1. The molecule has 0 aliphatic heterocycles. The smallest absolute Gasteiger partial charge is 0.462 e. The highest BCUT2D eigenvalue weighted by atomic mass is 31.2. The van der Waals surface area contributed by atoms with Crippen LogP contribution in [0, 0.1) is 5.92 Å². The maximum absolute atomic E-state index is 13.1. The van der Waals surface area contributed by atoms with Crippen molar-refractivity contribution >= 4 is 39.5 Å². The molecule has 0 saturated heterocycles. The van der Waals surface area contributed by atoms with Gasteiger partial charge in [-0.2, -0.15) is 0 Å². The van der Waals surface area contributed by atoms with Gasteiger partial charge in [-0.1, -0.05) is 335 Å².